The molecule has 26 heavy (non-hydrogen) atoms. The number of para-hydroxylation sites is 3. The minimum Gasteiger partial charge on any atom is -0.495 e. The van der Waals surface area contributed by atoms with Crippen molar-refractivity contribution < 1.29 is 9.53 Å². The zero-order valence-electron chi connectivity index (χ0n) is 14.3. The van der Waals surface area contributed by atoms with Crippen molar-refractivity contribution in [2.45, 2.75) is 0 Å². The number of fused-ring (bicyclic) bond motifs is 1. The van der Waals surface area contributed by atoms with E-state index in [1.807, 2.05) is 78.9 Å². The molecule has 4 heteroatoms. The Morgan fingerprint density at radius 2 is 1.58 bits per heavy atom. The number of rotatable bonds is 4. The van der Waals surface area contributed by atoms with Gasteiger partial charge in [0.25, 0.3) is 5.91 Å². The molecule has 1 aliphatic rings. The van der Waals surface area contributed by atoms with E-state index >= 15 is 0 Å². The first kappa shape index (κ1) is 16.0. The molecule has 3 aromatic carbocycles. The molecular weight excluding hydrogens is 324 g/mol. The van der Waals surface area contributed by atoms with Crippen molar-refractivity contribution >= 4 is 28.6 Å². The lowest BCUT2D eigenvalue weighted by Gasteiger charge is -2.16. The molecular formula is C22H18N2O2. The molecule has 0 spiro atoms. The van der Waals surface area contributed by atoms with Gasteiger partial charge in [0.2, 0.25) is 0 Å². The Morgan fingerprint density at radius 1 is 0.885 bits per heavy atom. The third-order valence-electron chi connectivity index (χ3n) is 4.35. The maximum absolute atomic E-state index is 12.8. The number of carbonyl (C=O) groups is 1. The summed E-state index contributed by atoms with van der Waals surface area (Å²) in [4.78, 5) is 12.8. The van der Waals surface area contributed by atoms with Gasteiger partial charge in [0.05, 0.1) is 24.1 Å². The van der Waals surface area contributed by atoms with E-state index in [1.54, 1.807) is 7.11 Å². The monoisotopic (exact) mass is 342 g/mol. The van der Waals surface area contributed by atoms with E-state index < -0.39 is 0 Å². The Bertz CT molecular complexity index is 994. The molecule has 4 nitrogen and oxygen atoms in total. The molecule has 0 aromatic heterocycles. The lowest BCUT2D eigenvalue weighted by Crippen LogP contribution is -2.10. The van der Waals surface area contributed by atoms with E-state index in [9.17, 15) is 4.79 Å². The van der Waals surface area contributed by atoms with Gasteiger partial charge in [-0.05, 0) is 23.8 Å². The Kier molecular flexibility index (Phi) is 4.15. The predicted octanol–water partition coefficient (Wildman–Crippen LogP) is 4.63. The fourth-order valence-corrected chi connectivity index (χ4v) is 3.13. The maximum Gasteiger partial charge on any atom is 0.258 e. The van der Waals surface area contributed by atoms with Gasteiger partial charge in [-0.25, -0.2) is 0 Å². The van der Waals surface area contributed by atoms with Crippen LogP contribution in [0.3, 0.4) is 0 Å². The normalized spacial score (nSPS) is 14.4. The van der Waals surface area contributed by atoms with Gasteiger partial charge in [0.15, 0.2) is 0 Å². The van der Waals surface area contributed by atoms with Crippen LogP contribution in [0, 0.1) is 0 Å². The van der Waals surface area contributed by atoms with Gasteiger partial charge in [-0.15, -0.1) is 0 Å². The molecule has 0 aliphatic carbocycles. The summed E-state index contributed by atoms with van der Waals surface area (Å²) >= 11 is 0. The highest BCUT2D eigenvalue weighted by molar-refractivity contribution is 6.37. The van der Waals surface area contributed by atoms with E-state index in [1.165, 1.54) is 0 Å². The Balaban J connectivity index is 1.92. The SMILES string of the molecule is COc1ccccc1NC(=C1C(=O)Nc2ccccc21)c1ccccc1. The molecule has 1 aliphatic heterocycles. The zero-order valence-corrected chi connectivity index (χ0v) is 14.3. The molecule has 4 rings (SSSR count). The summed E-state index contributed by atoms with van der Waals surface area (Å²) in [5.74, 6) is 0.598. The summed E-state index contributed by atoms with van der Waals surface area (Å²) in [5.41, 5.74) is 4.82. The van der Waals surface area contributed by atoms with Gasteiger partial charge in [-0.2, -0.15) is 0 Å². The highest BCUT2D eigenvalue weighted by Crippen LogP contribution is 2.38. The topological polar surface area (TPSA) is 50.4 Å². The van der Waals surface area contributed by atoms with E-state index in [4.69, 9.17) is 4.74 Å². The molecule has 0 saturated heterocycles. The van der Waals surface area contributed by atoms with Crippen molar-refractivity contribution in [3.63, 3.8) is 0 Å². The van der Waals surface area contributed by atoms with Crippen LogP contribution in [0.5, 0.6) is 5.75 Å². The predicted molar refractivity (Wildman–Crippen MR) is 105 cm³/mol. The number of methoxy groups -OCH3 is 1. The molecule has 0 bridgehead atoms. The van der Waals surface area contributed by atoms with Crippen molar-refractivity contribution in [3.05, 3.63) is 90.0 Å². The molecule has 0 radical (unpaired) electrons. The lowest BCUT2D eigenvalue weighted by molar-refractivity contribution is -0.110. The standard InChI is InChI=1S/C22H18N2O2/c1-26-19-14-8-7-13-18(19)23-21(15-9-3-2-4-10-15)20-16-11-5-6-12-17(16)24-22(20)25/h2-14,23H,1H3,(H,24,25). The number of hydrogen-bond donors (Lipinski definition) is 2. The van der Waals surface area contributed by atoms with E-state index in [0.29, 0.717) is 11.3 Å². The maximum atomic E-state index is 12.8. The molecule has 1 heterocycles. The van der Waals surface area contributed by atoms with Crippen LogP contribution >= 0.6 is 0 Å². The van der Waals surface area contributed by atoms with Crippen molar-refractivity contribution in [2.75, 3.05) is 17.7 Å². The second-order valence-corrected chi connectivity index (χ2v) is 5.94. The first-order valence-electron chi connectivity index (χ1n) is 8.38. The summed E-state index contributed by atoms with van der Waals surface area (Å²) in [7, 11) is 1.63. The van der Waals surface area contributed by atoms with Crippen LogP contribution in [-0.2, 0) is 4.79 Å². The lowest BCUT2D eigenvalue weighted by atomic mass is 10.00. The smallest absolute Gasteiger partial charge is 0.258 e. The minimum atomic E-state index is -0.118. The van der Waals surface area contributed by atoms with Crippen LogP contribution < -0.4 is 15.4 Å². The number of anilines is 2. The largest absolute Gasteiger partial charge is 0.495 e. The van der Waals surface area contributed by atoms with Crippen LogP contribution in [0.15, 0.2) is 78.9 Å². The number of benzene rings is 3. The quantitative estimate of drug-likeness (QED) is 0.680. The van der Waals surface area contributed by atoms with Crippen molar-refractivity contribution in [2.24, 2.45) is 0 Å². The number of carbonyl (C=O) groups excluding carboxylic acids is 1. The van der Waals surface area contributed by atoms with Gasteiger partial charge in [0, 0.05) is 11.3 Å². The van der Waals surface area contributed by atoms with Crippen LogP contribution in [-0.4, -0.2) is 13.0 Å². The van der Waals surface area contributed by atoms with Gasteiger partial charge >= 0.3 is 0 Å². The molecule has 128 valence electrons. The summed E-state index contributed by atoms with van der Waals surface area (Å²) in [6.45, 7) is 0. The number of ether oxygens (including phenoxy) is 1. The molecule has 0 fully saturated rings. The van der Waals surface area contributed by atoms with Crippen LogP contribution in [0.2, 0.25) is 0 Å². The average Bonchev–Trinajstić information content (AvgIpc) is 3.02. The Hall–Kier alpha value is -3.53. The Morgan fingerprint density at radius 3 is 2.38 bits per heavy atom. The summed E-state index contributed by atoms with van der Waals surface area (Å²) in [6.07, 6.45) is 0. The molecule has 0 unspecified atom stereocenters. The third kappa shape index (κ3) is 2.82. The summed E-state index contributed by atoms with van der Waals surface area (Å²) in [6, 6.07) is 25.2. The number of amides is 1. The summed E-state index contributed by atoms with van der Waals surface area (Å²) < 4.78 is 5.46. The molecule has 3 aromatic rings. The van der Waals surface area contributed by atoms with Crippen LogP contribution in [0.4, 0.5) is 11.4 Å². The minimum absolute atomic E-state index is 0.118. The fourth-order valence-electron chi connectivity index (χ4n) is 3.13. The molecule has 1 amide bonds. The number of hydrogen-bond acceptors (Lipinski definition) is 3. The van der Waals surface area contributed by atoms with Gasteiger partial charge < -0.3 is 15.4 Å². The molecule has 0 saturated carbocycles. The van der Waals surface area contributed by atoms with Crippen molar-refractivity contribution in [1.29, 1.82) is 0 Å². The van der Waals surface area contributed by atoms with Crippen LogP contribution in [0.25, 0.3) is 11.3 Å². The highest BCUT2D eigenvalue weighted by atomic mass is 16.5. The van der Waals surface area contributed by atoms with Crippen molar-refractivity contribution in [3.8, 4) is 5.75 Å². The first-order valence-corrected chi connectivity index (χ1v) is 8.38. The van der Waals surface area contributed by atoms with E-state index in [-0.39, 0.29) is 5.91 Å². The third-order valence-corrected chi connectivity index (χ3v) is 4.35. The average molecular weight is 342 g/mol. The zero-order chi connectivity index (χ0) is 17.9. The highest BCUT2D eigenvalue weighted by Gasteiger charge is 2.28. The first-order chi connectivity index (χ1) is 12.8. The summed E-state index contributed by atoms with van der Waals surface area (Å²) in [5, 5.41) is 6.37. The second-order valence-electron chi connectivity index (χ2n) is 5.94. The number of nitrogens with one attached hydrogen (secondary N) is 2. The van der Waals surface area contributed by atoms with Gasteiger partial charge in [-0.1, -0.05) is 60.7 Å². The van der Waals surface area contributed by atoms with E-state index in [0.717, 1.165) is 28.2 Å². The van der Waals surface area contributed by atoms with Gasteiger partial charge in [0.1, 0.15) is 5.75 Å². The Labute approximate surface area is 152 Å². The molecule has 2 N–H and O–H groups in total. The fraction of sp³-hybridized carbons (Fsp3) is 0.0455. The van der Waals surface area contributed by atoms with E-state index in [2.05, 4.69) is 10.6 Å². The van der Waals surface area contributed by atoms with Crippen molar-refractivity contribution in [1.82, 2.24) is 0 Å². The molecule has 0 atom stereocenters. The van der Waals surface area contributed by atoms with Gasteiger partial charge in [-0.3, -0.25) is 4.79 Å². The second kappa shape index (κ2) is 6.76. The van der Waals surface area contributed by atoms with Crippen LogP contribution in [0.1, 0.15) is 11.1 Å².